The van der Waals surface area contributed by atoms with Crippen LogP contribution in [0.15, 0.2) is 60.4 Å². The van der Waals surface area contributed by atoms with Crippen molar-refractivity contribution in [2.45, 2.75) is 135 Å². The first-order valence-electron chi connectivity index (χ1n) is 25.2. The van der Waals surface area contributed by atoms with E-state index in [2.05, 4.69) is 0 Å². The van der Waals surface area contributed by atoms with Crippen LogP contribution in [0.1, 0.15) is 29.2 Å². The van der Waals surface area contributed by atoms with E-state index in [-0.39, 0.29) is 22.6 Å². The van der Waals surface area contributed by atoms with Crippen LogP contribution in [0.3, 0.4) is 0 Å². The SMILES string of the molecule is O=C(O)CC(=O)OCC1OC(OC2=Cc3c(O)cc(O)cc3OC2c2cc(OC3OC(CO)C(O)C(O)C3O)c(O)c(OC3OC(COC(=O)C=Cc4ccc(OC5OC(CO)C(O)C(O)C5O)cc4)C(O)C(O)C3O)c2)C(O)C(O)C1O. The molecule has 21 unspecified atom stereocenters. The molecule has 8 rings (SSSR count). The Morgan fingerprint density at radius 3 is 1.48 bits per heavy atom. The number of carboxylic acids is 1. The molecule has 18 N–H and O–H groups in total. The molecule has 32 nitrogen and oxygen atoms in total. The Hall–Kier alpha value is -6.77. The lowest BCUT2D eigenvalue weighted by Gasteiger charge is -2.41. The highest BCUT2D eigenvalue weighted by molar-refractivity contribution is 5.90. The number of fused-ring (bicyclic) bond motifs is 1. The van der Waals surface area contributed by atoms with E-state index in [1.807, 2.05) is 0 Å². The summed E-state index contributed by atoms with van der Waals surface area (Å²) in [5.41, 5.74) is -0.115. The van der Waals surface area contributed by atoms with Gasteiger partial charge in [-0.3, -0.25) is 9.59 Å². The van der Waals surface area contributed by atoms with Crippen molar-refractivity contribution in [2.75, 3.05) is 26.4 Å². The van der Waals surface area contributed by atoms with E-state index in [0.717, 1.165) is 36.4 Å². The fourth-order valence-corrected chi connectivity index (χ4v) is 9.04. The van der Waals surface area contributed by atoms with E-state index in [9.17, 15) is 101 Å². The van der Waals surface area contributed by atoms with E-state index in [1.54, 1.807) is 0 Å². The van der Waals surface area contributed by atoms with Gasteiger partial charge in [0, 0.05) is 23.8 Å². The molecule has 0 radical (unpaired) electrons. The number of rotatable bonds is 19. The quantitative estimate of drug-likeness (QED) is 0.0302. The Labute approximate surface area is 466 Å². The van der Waals surface area contributed by atoms with E-state index in [0.29, 0.717) is 5.56 Å². The van der Waals surface area contributed by atoms with Gasteiger partial charge in [-0.1, -0.05) is 12.1 Å². The van der Waals surface area contributed by atoms with Crippen LogP contribution in [0.25, 0.3) is 12.2 Å². The fourth-order valence-electron chi connectivity index (χ4n) is 9.04. The zero-order chi connectivity index (χ0) is 60.3. The first kappa shape index (κ1) is 62.3. The molecule has 5 aliphatic heterocycles. The van der Waals surface area contributed by atoms with Gasteiger partial charge in [-0.05, 0) is 42.0 Å². The Morgan fingerprint density at radius 2 is 0.988 bits per heavy atom. The van der Waals surface area contributed by atoms with Crippen LogP contribution >= 0.6 is 0 Å². The van der Waals surface area contributed by atoms with E-state index >= 15 is 0 Å². The van der Waals surface area contributed by atoms with Gasteiger partial charge in [-0.15, -0.1) is 0 Å². The maximum absolute atomic E-state index is 12.9. The molecule has 0 spiro atoms. The maximum Gasteiger partial charge on any atom is 0.330 e. The van der Waals surface area contributed by atoms with Crippen LogP contribution in [0.4, 0.5) is 0 Å². The molecule has 0 aromatic heterocycles. The molecule has 3 aromatic carbocycles. The molecule has 83 heavy (non-hydrogen) atoms. The molecule has 3 aromatic rings. The summed E-state index contributed by atoms with van der Waals surface area (Å²) in [6.45, 7) is -3.33. The van der Waals surface area contributed by atoms with Crippen molar-refractivity contribution < 1.29 is 158 Å². The highest BCUT2D eigenvalue weighted by Gasteiger charge is 2.50. The predicted octanol–water partition coefficient (Wildman–Crippen LogP) is -6.08. The molecule has 4 fully saturated rings. The van der Waals surface area contributed by atoms with Crippen molar-refractivity contribution in [1.82, 2.24) is 0 Å². The Bertz CT molecular complexity index is 2810. The third-order valence-corrected chi connectivity index (χ3v) is 13.7. The minimum Gasteiger partial charge on any atom is -0.508 e. The number of carbonyl (C=O) groups excluding carboxylic acids is 2. The Balaban J connectivity index is 1.05. The zero-order valence-electron chi connectivity index (χ0n) is 42.8. The van der Waals surface area contributed by atoms with Crippen molar-refractivity contribution in [3.05, 3.63) is 77.1 Å². The minimum absolute atomic E-state index is 0.114. The van der Waals surface area contributed by atoms with Crippen molar-refractivity contribution in [3.63, 3.8) is 0 Å². The van der Waals surface area contributed by atoms with Crippen molar-refractivity contribution in [3.8, 4) is 40.2 Å². The third-order valence-electron chi connectivity index (χ3n) is 13.7. The maximum atomic E-state index is 12.9. The summed E-state index contributed by atoms with van der Waals surface area (Å²) in [6, 6.07) is 9.55. The van der Waals surface area contributed by atoms with Crippen LogP contribution in [-0.2, 0) is 47.5 Å². The lowest BCUT2D eigenvalue weighted by Crippen LogP contribution is -2.60. The van der Waals surface area contributed by atoms with Crippen LogP contribution < -0.4 is 18.9 Å². The molecule has 5 heterocycles. The predicted molar refractivity (Wildman–Crippen MR) is 263 cm³/mol. The van der Waals surface area contributed by atoms with Crippen LogP contribution in [0.2, 0.25) is 0 Å². The molecule has 4 saturated heterocycles. The molecule has 0 aliphatic carbocycles. The Morgan fingerprint density at radius 1 is 0.530 bits per heavy atom. The van der Waals surface area contributed by atoms with Gasteiger partial charge in [0.2, 0.25) is 30.9 Å². The van der Waals surface area contributed by atoms with Gasteiger partial charge < -0.3 is 144 Å². The van der Waals surface area contributed by atoms with Crippen molar-refractivity contribution in [1.29, 1.82) is 0 Å². The standard InChI is InChI=1S/C51H60O32/c52-13-27-35(61)39(65)43(69)48(80-27)75-20-4-1-17(2-5-20)3-6-32(58)73-15-29-37(63)41(67)45(71)50(82-29)78-25-8-18(7-24(34(25)60)77-49-44(70)40(66)36(62)28(14-53)81-49)47-26(11-21-22(55)9-19(54)10-23(21)76-47)79-51-46(72)42(68)38(64)30(83-51)16-74-33(59)12-31(56)57/h1-11,27-30,35-55,60-72H,12-16H2,(H,56,57). The fraction of sp³-hybridized carbons (Fsp3) is 0.510. The largest absolute Gasteiger partial charge is 0.508 e. The summed E-state index contributed by atoms with van der Waals surface area (Å²) in [7, 11) is 0. The normalized spacial score (nSPS) is 35.3. The minimum atomic E-state index is -2.19. The Kier molecular flexibility index (Phi) is 19.8. The van der Waals surface area contributed by atoms with Gasteiger partial charge in [-0.2, -0.15) is 0 Å². The highest BCUT2D eigenvalue weighted by Crippen LogP contribution is 2.49. The zero-order valence-corrected chi connectivity index (χ0v) is 42.8. The van der Waals surface area contributed by atoms with Crippen LogP contribution in [0.5, 0.6) is 40.2 Å². The van der Waals surface area contributed by atoms with Crippen molar-refractivity contribution in [2.24, 2.45) is 0 Å². The number of aliphatic hydroxyl groups is 14. The molecule has 0 saturated carbocycles. The summed E-state index contributed by atoms with van der Waals surface area (Å²) in [4.78, 5) is 36.0. The number of aliphatic carboxylic acids is 1. The second kappa shape index (κ2) is 26.4. The number of phenols is 3. The number of aromatic hydroxyl groups is 3. The average molecular weight is 1190 g/mol. The monoisotopic (exact) mass is 1180 g/mol. The molecule has 21 atom stereocenters. The van der Waals surface area contributed by atoms with Crippen LogP contribution in [-0.4, -0.2) is 259 Å². The summed E-state index contributed by atoms with van der Waals surface area (Å²) in [5, 5.41) is 190. The number of carboxylic acid groups (broad SMARTS) is 1. The second-order valence-electron chi connectivity index (χ2n) is 19.5. The summed E-state index contributed by atoms with van der Waals surface area (Å²) >= 11 is 0. The number of phenolic OH excluding ortho intramolecular Hbond substituents is 3. The number of esters is 2. The molecule has 0 amide bonds. The van der Waals surface area contributed by atoms with Gasteiger partial charge in [0.1, 0.15) is 146 Å². The number of hydrogen-bond donors (Lipinski definition) is 18. The van der Waals surface area contributed by atoms with E-state index in [4.69, 9.17) is 57.2 Å². The van der Waals surface area contributed by atoms with Gasteiger partial charge in [0.05, 0.1) is 18.8 Å². The van der Waals surface area contributed by atoms with Gasteiger partial charge in [-0.25, -0.2) is 4.79 Å². The smallest absolute Gasteiger partial charge is 0.330 e. The number of hydrogen-bond acceptors (Lipinski definition) is 31. The average Bonchev–Trinajstić information content (AvgIpc) is 3.64. The highest BCUT2D eigenvalue weighted by atomic mass is 16.7. The van der Waals surface area contributed by atoms with Gasteiger partial charge in [0.25, 0.3) is 0 Å². The topological polar surface area (TPSA) is 517 Å². The number of carbonyl (C=O) groups is 3. The number of ether oxygens (including phenoxy) is 11. The molecule has 0 bridgehead atoms. The third kappa shape index (κ3) is 13.9. The second-order valence-corrected chi connectivity index (χ2v) is 19.5. The molecular formula is C51H60O32. The number of benzene rings is 3. The van der Waals surface area contributed by atoms with Gasteiger partial charge in [0.15, 0.2) is 17.6 Å². The molecular weight excluding hydrogens is 1120 g/mol. The van der Waals surface area contributed by atoms with E-state index < -0.39 is 214 Å². The summed E-state index contributed by atoms with van der Waals surface area (Å²) in [5.74, 6) is -8.32. The molecule has 456 valence electrons. The summed E-state index contributed by atoms with van der Waals surface area (Å²) in [6.07, 6.45) is -37.0. The van der Waals surface area contributed by atoms with Gasteiger partial charge >= 0.3 is 17.9 Å². The lowest BCUT2D eigenvalue weighted by molar-refractivity contribution is -0.294. The number of aliphatic hydroxyl groups excluding tert-OH is 14. The molecule has 5 aliphatic rings. The van der Waals surface area contributed by atoms with E-state index in [1.165, 1.54) is 30.3 Å². The van der Waals surface area contributed by atoms with Crippen molar-refractivity contribution >= 4 is 30.1 Å². The van der Waals surface area contributed by atoms with Crippen LogP contribution in [0, 0.1) is 0 Å². The first-order valence-corrected chi connectivity index (χ1v) is 25.2. The first-order chi connectivity index (χ1) is 39.4. The molecule has 32 heteroatoms. The summed E-state index contributed by atoms with van der Waals surface area (Å²) < 4.78 is 61.8. The lowest BCUT2D eigenvalue weighted by atomic mass is 9.98.